The minimum atomic E-state index is -0.914. The lowest BCUT2D eigenvalue weighted by molar-refractivity contribution is 0.175. The van der Waals surface area contributed by atoms with Gasteiger partial charge in [0.05, 0.1) is 6.10 Å². The number of aliphatic hydroxyl groups excluding tert-OH is 1. The molecular weight excluding hydrogens is 283 g/mol. The van der Waals surface area contributed by atoms with Crippen molar-refractivity contribution in [3.8, 4) is 12.3 Å². The summed E-state index contributed by atoms with van der Waals surface area (Å²) in [6.07, 6.45) is 4.37. The topological polar surface area (TPSA) is 61.4 Å². The molecule has 5 heteroatoms. The van der Waals surface area contributed by atoms with Crippen LogP contribution >= 0.6 is 0 Å². The monoisotopic (exact) mass is 298 g/mol. The number of hydrogen-bond acceptors (Lipinski definition) is 2. The lowest BCUT2D eigenvalue weighted by Crippen LogP contribution is -2.32. The van der Waals surface area contributed by atoms with Crippen molar-refractivity contribution in [2.24, 2.45) is 0 Å². The highest BCUT2D eigenvalue weighted by molar-refractivity contribution is 5.89. The van der Waals surface area contributed by atoms with Gasteiger partial charge >= 0.3 is 6.03 Å². The van der Waals surface area contributed by atoms with Crippen LogP contribution in [0.25, 0.3) is 0 Å². The Morgan fingerprint density at radius 1 is 1.27 bits per heavy atom. The highest BCUT2D eigenvalue weighted by Crippen LogP contribution is 2.13. The number of carbonyl (C=O) groups excluding carboxylic acids is 1. The van der Waals surface area contributed by atoms with Crippen LogP contribution in [0.15, 0.2) is 48.5 Å². The normalized spacial score (nSPS) is 11.3. The first-order chi connectivity index (χ1) is 10.6. The van der Waals surface area contributed by atoms with Gasteiger partial charge in [-0.15, -0.1) is 6.42 Å². The molecule has 0 radical (unpaired) electrons. The number of terminal acetylenes is 1. The molecule has 0 aliphatic carbocycles. The van der Waals surface area contributed by atoms with Crippen molar-refractivity contribution in [2.75, 3.05) is 11.9 Å². The summed E-state index contributed by atoms with van der Waals surface area (Å²) in [4.78, 5) is 11.8. The van der Waals surface area contributed by atoms with Crippen LogP contribution < -0.4 is 10.6 Å². The van der Waals surface area contributed by atoms with Crippen LogP contribution in [0.2, 0.25) is 0 Å². The minimum Gasteiger partial charge on any atom is -0.387 e. The summed E-state index contributed by atoms with van der Waals surface area (Å²) in [7, 11) is 0. The van der Waals surface area contributed by atoms with E-state index in [1.54, 1.807) is 24.3 Å². The van der Waals surface area contributed by atoms with E-state index in [1.165, 1.54) is 24.3 Å². The number of hydrogen-bond donors (Lipinski definition) is 3. The van der Waals surface area contributed by atoms with Gasteiger partial charge < -0.3 is 15.7 Å². The molecule has 2 amide bonds. The molecule has 0 saturated heterocycles. The molecule has 0 bridgehead atoms. The SMILES string of the molecule is C#Cc1cccc(NC(=O)NCC(O)c2ccc(F)cc2)c1. The lowest BCUT2D eigenvalue weighted by Gasteiger charge is -2.13. The van der Waals surface area contributed by atoms with E-state index < -0.39 is 12.1 Å². The van der Waals surface area contributed by atoms with Crippen molar-refractivity contribution in [3.05, 3.63) is 65.5 Å². The summed E-state index contributed by atoms with van der Waals surface area (Å²) in [6, 6.07) is 11.8. The van der Waals surface area contributed by atoms with E-state index in [4.69, 9.17) is 6.42 Å². The summed E-state index contributed by atoms with van der Waals surface area (Å²) in [5.41, 5.74) is 1.74. The van der Waals surface area contributed by atoms with Crippen molar-refractivity contribution < 1.29 is 14.3 Å². The van der Waals surface area contributed by atoms with Crippen LogP contribution in [0.3, 0.4) is 0 Å². The molecule has 0 saturated carbocycles. The van der Waals surface area contributed by atoms with Crippen molar-refractivity contribution in [1.29, 1.82) is 0 Å². The third-order valence-corrected chi connectivity index (χ3v) is 3.00. The molecule has 22 heavy (non-hydrogen) atoms. The number of aliphatic hydroxyl groups is 1. The number of amides is 2. The molecule has 2 rings (SSSR count). The second-order valence-corrected chi connectivity index (χ2v) is 4.63. The van der Waals surface area contributed by atoms with E-state index in [1.807, 2.05) is 0 Å². The summed E-state index contributed by atoms with van der Waals surface area (Å²) >= 11 is 0. The molecule has 112 valence electrons. The predicted molar refractivity (Wildman–Crippen MR) is 82.8 cm³/mol. The van der Waals surface area contributed by atoms with Gasteiger partial charge in [0.25, 0.3) is 0 Å². The molecule has 0 spiro atoms. The van der Waals surface area contributed by atoms with Gasteiger partial charge in [-0.1, -0.05) is 24.1 Å². The van der Waals surface area contributed by atoms with Gasteiger partial charge in [0.1, 0.15) is 5.82 Å². The predicted octanol–water partition coefficient (Wildman–Crippen LogP) is 2.66. The Labute approximate surface area is 128 Å². The zero-order valence-electron chi connectivity index (χ0n) is 11.7. The van der Waals surface area contributed by atoms with Crippen LogP contribution in [0, 0.1) is 18.2 Å². The summed E-state index contributed by atoms with van der Waals surface area (Å²) in [5, 5.41) is 15.1. The number of anilines is 1. The number of halogens is 1. The largest absolute Gasteiger partial charge is 0.387 e. The Kier molecular flexibility index (Phi) is 5.12. The van der Waals surface area contributed by atoms with Crippen LogP contribution in [0.4, 0.5) is 14.9 Å². The lowest BCUT2D eigenvalue weighted by atomic mass is 10.1. The number of nitrogens with one attached hydrogen (secondary N) is 2. The molecule has 0 aliphatic rings. The second kappa shape index (κ2) is 7.25. The standard InChI is InChI=1S/C17H15FN2O2/c1-2-12-4-3-5-15(10-12)20-17(22)19-11-16(21)13-6-8-14(18)9-7-13/h1,3-10,16,21H,11H2,(H2,19,20,22). The van der Waals surface area contributed by atoms with E-state index in [-0.39, 0.29) is 12.4 Å². The van der Waals surface area contributed by atoms with Crippen LogP contribution in [-0.4, -0.2) is 17.7 Å². The van der Waals surface area contributed by atoms with Crippen molar-refractivity contribution in [1.82, 2.24) is 5.32 Å². The molecule has 0 fully saturated rings. The van der Waals surface area contributed by atoms with Crippen molar-refractivity contribution in [2.45, 2.75) is 6.10 Å². The Bertz CT molecular complexity index is 693. The van der Waals surface area contributed by atoms with Gasteiger partial charge in [-0.05, 0) is 35.9 Å². The van der Waals surface area contributed by atoms with Crippen molar-refractivity contribution in [3.63, 3.8) is 0 Å². The number of rotatable bonds is 4. The van der Waals surface area contributed by atoms with Gasteiger partial charge in [-0.3, -0.25) is 0 Å². The quantitative estimate of drug-likeness (QED) is 0.760. The first-order valence-electron chi connectivity index (χ1n) is 6.63. The minimum absolute atomic E-state index is 0.00625. The second-order valence-electron chi connectivity index (χ2n) is 4.63. The van der Waals surface area contributed by atoms with E-state index in [0.29, 0.717) is 16.8 Å². The maximum Gasteiger partial charge on any atom is 0.319 e. The van der Waals surface area contributed by atoms with Gasteiger partial charge in [-0.25, -0.2) is 9.18 Å². The smallest absolute Gasteiger partial charge is 0.319 e. The third kappa shape index (κ3) is 4.33. The van der Waals surface area contributed by atoms with E-state index >= 15 is 0 Å². The molecule has 4 nitrogen and oxygen atoms in total. The van der Waals surface area contributed by atoms with Gasteiger partial charge in [-0.2, -0.15) is 0 Å². The van der Waals surface area contributed by atoms with E-state index in [0.717, 1.165) is 0 Å². The fourth-order valence-electron chi connectivity index (χ4n) is 1.85. The Hall–Kier alpha value is -2.84. The van der Waals surface area contributed by atoms with Crippen LogP contribution in [0.1, 0.15) is 17.2 Å². The fraction of sp³-hybridized carbons (Fsp3) is 0.118. The summed E-state index contributed by atoms with van der Waals surface area (Å²) < 4.78 is 12.8. The van der Waals surface area contributed by atoms with Crippen LogP contribution in [0.5, 0.6) is 0 Å². The molecular formula is C17H15FN2O2. The molecule has 1 unspecified atom stereocenters. The first-order valence-corrected chi connectivity index (χ1v) is 6.63. The maximum absolute atomic E-state index is 12.8. The average Bonchev–Trinajstić information content (AvgIpc) is 2.53. The number of urea groups is 1. The average molecular weight is 298 g/mol. The van der Waals surface area contributed by atoms with Crippen LogP contribution in [-0.2, 0) is 0 Å². The Morgan fingerprint density at radius 3 is 2.68 bits per heavy atom. The van der Waals surface area contributed by atoms with Gasteiger partial charge in [0.15, 0.2) is 0 Å². The molecule has 2 aromatic carbocycles. The zero-order chi connectivity index (χ0) is 15.9. The maximum atomic E-state index is 12.8. The highest BCUT2D eigenvalue weighted by Gasteiger charge is 2.09. The van der Waals surface area contributed by atoms with Gasteiger partial charge in [0, 0.05) is 17.8 Å². The zero-order valence-corrected chi connectivity index (χ0v) is 11.7. The molecule has 3 N–H and O–H groups in total. The van der Waals surface area contributed by atoms with E-state index in [2.05, 4.69) is 16.6 Å². The molecule has 1 atom stereocenters. The van der Waals surface area contributed by atoms with Crippen molar-refractivity contribution >= 4 is 11.7 Å². The Balaban J connectivity index is 1.87. The summed E-state index contributed by atoms with van der Waals surface area (Å²) in [5.74, 6) is 2.09. The highest BCUT2D eigenvalue weighted by atomic mass is 19.1. The third-order valence-electron chi connectivity index (χ3n) is 3.00. The summed E-state index contributed by atoms with van der Waals surface area (Å²) in [6.45, 7) is 0.00625. The molecule has 0 aromatic heterocycles. The number of benzene rings is 2. The van der Waals surface area contributed by atoms with E-state index in [9.17, 15) is 14.3 Å². The molecule has 0 aliphatic heterocycles. The first kappa shape index (κ1) is 15.5. The molecule has 0 heterocycles. The van der Waals surface area contributed by atoms with Gasteiger partial charge in [0.2, 0.25) is 0 Å². The Morgan fingerprint density at radius 2 is 2.00 bits per heavy atom. The molecule has 2 aromatic rings. The fourth-order valence-corrected chi connectivity index (χ4v) is 1.85. The number of carbonyl (C=O) groups is 1.